The number of rotatable bonds is 3. The van der Waals surface area contributed by atoms with Gasteiger partial charge in [0.25, 0.3) is 0 Å². The van der Waals surface area contributed by atoms with Crippen molar-refractivity contribution < 1.29 is 4.74 Å². The highest BCUT2D eigenvalue weighted by Crippen LogP contribution is 2.24. The van der Waals surface area contributed by atoms with Crippen molar-refractivity contribution in [3.63, 3.8) is 0 Å². The molecule has 0 saturated carbocycles. The summed E-state index contributed by atoms with van der Waals surface area (Å²) in [6, 6.07) is 9.49. The maximum absolute atomic E-state index is 9.00. The lowest BCUT2D eigenvalue weighted by Gasteiger charge is -2.16. The Morgan fingerprint density at radius 2 is 1.95 bits per heavy atom. The normalized spacial score (nSPS) is 19.0. The minimum absolute atomic E-state index is 0.223. The highest BCUT2D eigenvalue weighted by molar-refractivity contribution is 5.53. The number of aryl methyl sites for hydroxylation is 1. The van der Waals surface area contributed by atoms with Crippen LogP contribution in [0.3, 0.4) is 0 Å². The topological polar surface area (TPSA) is 37.4 Å². The van der Waals surface area contributed by atoms with Gasteiger partial charge in [-0.2, -0.15) is 5.26 Å². The third-order valence-corrected chi connectivity index (χ3v) is 3.22. The van der Waals surface area contributed by atoms with Crippen molar-refractivity contribution in [1.82, 2.24) is 0 Å². The van der Waals surface area contributed by atoms with E-state index in [9.17, 15) is 0 Å². The summed E-state index contributed by atoms with van der Waals surface area (Å²) >= 11 is 0. The second-order valence-electron chi connectivity index (χ2n) is 4.97. The molecule has 104 valence electrons. The first-order valence-corrected chi connectivity index (χ1v) is 6.71. The number of hydrogen-bond donors (Lipinski definition) is 0. The van der Waals surface area contributed by atoms with E-state index in [2.05, 4.69) is 17.0 Å². The fraction of sp³-hybridized carbons (Fsp3) is 0.222. The minimum Gasteiger partial charge on any atom is -0.463 e. The van der Waals surface area contributed by atoms with Gasteiger partial charge < -0.3 is 4.74 Å². The lowest BCUT2D eigenvalue weighted by atomic mass is 9.97. The van der Waals surface area contributed by atoms with Crippen molar-refractivity contribution in [3.05, 3.63) is 76.6 Å². The molecule has 0 radical (unpaired) electrons. The Morgan fingerprint density at radius 1 is 1.24 bits per heavy atom. The van der Waals surface area contributed by atoms with Crippen molar-refractivity contribution >= 4 is 6.08 Å². The van der Waals surface area contributed by atoms with E-state index in [1.54, 1.807) is 0 Å². The van der Waals surface area contributed by atoms with Crippen molar-refractivity contribution in [2.45, 2.75) is 19.9 Å². The van der Waals surface area contributed by atoms with Crippen LogP contribution in [-0.4, -0.2) is 6.04 Å². The first kappa shape index (κ1) is 14.6. The lowest BCUT2D eigenvalue weighted by molar-refractivity contribution is 0.304. The third kappa shape index (κ3) is 3.84. The number of nitrogens with zero attached hydrogens (tertiary/aromatic N) is 2. The first-order chi connectivity index (χ1) is 10.1. The van der Waals surface area contributed by atoms with Gasteiger partial charge in [0.05, 0.1) is 11.7 Å². The smallest absolute Gasteiger partial charge is 0.316 e. The fourth-order valence-corrected chi connectivity index (χ4v) is 2.09. The number of benzene rings is 1. The summed E-state index contributed by atoms with van der Waals surface area (Å²) in [7, 11) is 0. The van der Waals surface area contributed by atoms with Crippen LogP contribution in [-0.2, 0) is 4.74 Å². The summed E-state index contributed by atoms with van der Waals surface area (Å²) < 4.78 is 5.62. The summed E-state index contributed by atoms with van der Waals surface area (Å²) in [6.07, 6.45) is 7.46. The summed E-state index contributed by atoms with van der Waals surface area (Å²) in [5.41, 5.74) is 2.30. The molecule has 21 heavy (non-hydrogen) atoms. The average molecular weight is 276 g/mol. The number of allylic oxidation sites excluding steroid dienone is 2. The molecule has 3 heteroatoms. The molecule has 0 amide bonds. The molecule has 0 saturated heterocycles. The van der Waals surface area contributed by atoms with E-state index in [0.717, 1.165) is 11.3 Å². The lowest BCUT2D eigenvalue weighted by Crippen LogP contribution is -2.15. The largest absolute Gasteiger partial charge is 0.463 e. The molecule has 1 heterocycles. The summed E-state index contributed by atoms with van der Waals surface area (Å²) in [5.74, 6) is 1.17. The van der Waals surface area contributed by atoms with Crippen LogP contribution in [0.15, 0.2) is 54.0 Å². The molecule has 1 aliphatic heterocycles. The third-order valence-electron chi connectivity index (χ3n) is 3.22. The van der Waals surface area contributed by atoms with E-state index in [1.807, 2.05) is 56.4 Å². The molecule has 0 fully saturated rings. The van der Waals surface area contributed by atoms with Crippen LogP contribution >= 0.6 is 0 Å². The van der Waals surface area contributed by atoms with Crippen LogP contribution in [0, 0.1) is 30.7 Å². The zero-order valence-electron chi connectivity index (χ0n) is 12.1. The quantitative estimate of drug-likeness (QED) is 0.774. The predicted octanol–water partition coefficient (Wildman–Crippen LogP) is 4.25. The molecule has 0 spiro atoms. The highest BCUT2D eigenvalue weighted by Gasteiger charge is 2.25. The zero-order valence-corrected chi connectivity index (χ0v) is 12.1. The number of hydrogen-bond acceptors (Lipinski definition) is 2. The molecule has 2 unspecified atom stereocenters. The van der Waals surface area contributed by atoms with E-state index < -0.39 is 6.04 Å². The van der Waals surface area contributed by atoms with Gasteiger partial charge >= 0.3 is 6.04 Å². The molecular formula is C18H16N2O. The average Bonchev–Trinajstić information content (AvgIpc) is 2.47. The fourth-order valence-electron chi connectivity index (χ4n) is 2.09. The van der Waals surface area contributed by atoms with Crippen LogP contribution in [0.1, 0.15) is 18.1 Å². The van der Waals surface area contributed by atoms with Gasteiger partial charge in [-0.3, -0.25) is 4.85 Å². The number of ether oxygens (including phenoxy) is 1. The molecular weight excluding hydrogens is 260 g/mol. The van der Waals surface area contributed by atoms with E-state index in [1.165, 1.54) is 5.56 Å². The van der Waals surface area contributed by atoms with E-state index >= 15 is 0 Å². The molecule has 1 aliphatic rings. The Bertz CT molecular complexity index is 667. The molecule has 0 aliphatic carbocycles. The van der Waals surface area contributed by atoms with Crippen molar-refractivity contribution in [2.75, 3.05) is 0 Å². The maximum atomic E-state index is 9.00. The molecule has 0 N–H and O–H groups in total. The van der Waals surface area contributed by atoms with Crippen LogP contribution in [0.5, 0.6) is 0 Å². The molecule has 0 aromatic heterocycles. The van der Waals surface area contributed by atoms with Crippen LogP contribution in [0.2, 0.25) is 0 Å². The second-order valence-corrected chi connectivity index (χ2v) is 4.97. The van der Waals surface area contributed by atoms with Gasteiger partial charge in [0.2, 0.25) is 0 Å². The van der Waals surface area contributed by atoms with Crippen molar-refractivity contribution in [2.24, 2.45) is 5.92 Å². The Kier molecular flexibility index (Phi) is 4.59. The number of nitriles is 1. The SMILES string of the molecule is [C-]#[N+]C(C#N)C1C=C(C)OC(/C=C/c2ccc(C)cc2)=C1. The van der Waals surface area contributed by atoms with Gasteiger partial charge in [-0.05, 0) is 37.6 Å². The maximum Gasteiger partial charge on any atom is 0.316 e. The first-order valence-electron chi connectivity index (χ1n) is 6.71. The molecule has 3 nitrogen and oxygen atoms in total. The predicted molar refractivity (Wildman–Crippen MR) is 82.6 cm³/mol. The van der Waals surface area contributed by atoms with Gasteiger partial charge in [-0.25, -0.2) is 6.57 Å². The standard InChI is InChI=1S/C18H16N2O/c1-13-4-6-15(7-5-13)8-9-17-11-16(10-14(2)21-17)18(12-19)20-3/h4-11,16,18H,1-2H3/b9-8+. The monoisotopic (exact) mass is 276 g/mol. The van der Waals surface area contributed by atoms with E-state index in [-0.39, 0.29) is 5.92 Å². The summed E-state index contributed by atoms with van der Waals surface area (Å²) in [6.45, 7) is 10.9. The molecule has 2 rings (SSSR count). The molecule has 1 aromatic carbocycles. The van der Waals surface area contributed by atoms with E-state index in [4.69, 9.17) is 16.6 Å². The minimum atomic E-state index is -0.702. The van der Waals surface area contributed by atoms with Gasteiger partial charge in [0.15, 0.2) is 6.07 Å². The molecule has 1 aromatic rings. The van der Waals surface area contributed by atoms with Gasteiger partial charge in [0.1, 0.15) is 5.76 Å². The Labute approximate surface area is 125 Å². The Hall–Kier alpha value is -2.78. The Morgan fingerprint density at radius 3 is 2.57 bits per heavy atom. The van der Waals surface area contributed by atoms with Gasteiger partial charge in [0, 0.05) is 0 Å². The summed E-state index contributed by atoms with van der Waals surface area (Å²) in [4.78, 5) is 3.35. The Balaban J connectivity index is 2.18. The van der Waals surface area contributed by atoms with Crippen molar-refractivity contribution in [3.8, 4) is 6.07 Å². The zero-order chi connectivity index (χ0) is 15.2. The van der Waals surface area contributed by atoms with Crippen LogP contribution < -0.4 is 0 Å². The molecule has 2 atom stereocenters. The van der Waals surface area contributed by atoms with Crippen LogP contribution in [0.25, 0.3) is 10.9 Å². The van der Waals surface area contributed by atoms with Crippen molar-refractivity contribution in [1.29, 1.82) is 5.26 Å². The highest BCUT2D eigenvalue weighted by atomic mass is 16.5. The second kappa shape index (κ2) is 6.59. The van der Waals surface area contributed by atoms with Gasteiger partial charge in [-0.1, -0.05) is 35.9 Å². The van der Waals surface area contributed by atoms with Crippen LogP contribution in [0.4, 0.5) is 0 Å². The van der Waals surface area contributed by atoms with Gasteiger partial charge in [-0.15, -0.1) is 0 Å². The summed E-state index contributed by atoms with van der Waals surface area (Å²) in [5, 5.41) is 9.00. The van der Waals surface area contributed by atoms with E-state index in [0.29, 0.717) is 5.76 Å². The molecule has 0 bridgehead atoms.